The first-order chi connectivity index (χ1) is 10.8. The third kappa shape index (κ3) is 6.01. The fourth-order valence-corrected chi connectivity index (χ4v) is 2.34. The summed E-state index contributed by atoms with van der Waals surface area (Å²) in [4.78, 5) is 26.1. The van der Waals surface area contributed by atoms with E-state index in [4.69, 9.17) is 28.9 Å². The van der Waals surface area contributed by atoms with Crippen molar-refractivity contribution in [3.63, 3.8) is 0 Å². The highest BCUT2D eigenvalue weighted by Gasteiger charge is 2.24. The first kappa shape index (κ1) is 19.7. The van der Waals surface area contributed by atoms with E-state index in [9.17, 15) is 9.59 Å². The number of benzene rings is 1. The van der Waals surface area contributed by atoms with Gasteiger partial charge in [0.2, 0.25) is 11.8 Å². The van der Waals surface area contributed by atoms with Crippen molar-refractivity contribution in [1.82, 2.24) is 4.90 Å². The lowest BCUT2D eigenvalue weighted by Crippen LogP contribution is -2.45. The van der Waals surface area contributed by atoms with Crippen molar-refractivity contribution >= 4 is 40.7 Å². The maximum absolute atomic E-state index is 12.4. The van der Waals surface area contributed by atoms with E-state index < -0.39 is 0 Å². The molecule has 3 N–H and O–H groups in total. The maximum atomic E-state index is 12.4. The van der Waals surface area contributed by atoms with Crippen molar-refractivity contribution in [2.75, 3.05) is 18.4 Å². The van der Waals surface area contributed by atoms with E-state index in [1.807, 2.05) is 6.92 Å². The molecule has 1 aromatic carbocycles. The predicted molar refractivity (Wildman–Crippen MR) is 94.8 cm³/mol. The van der Waals surface area contributed by atoms with E-state index in [-0.39, 0.29) is 30.3 Å². The molecule has 0 aliphatic heterocycles. The van der Waals surface area contributed by atoms with Crippen LogP contribution in [-0.2, 0) is 9.59 Å². The summed E-state index contributed by atoms with van der Waals surface area (Å²) in [6.45, 7) is 5.93. The smallest absolute Gasteiger partial charge is 0.244 e. The van der Waals surface area contributed by atoms with Crippen molar-refractivity contribution in [3.05, 3.63) is 28.2 Å². The number of rotatable bonds is 7. The number of halogens is 2. The minimum Gasteiger partial charge on any atom is -0.333 e. The molecule has 0 fully saturated rings. The average molecular weight is 360 g/mol. The second kappa shape index (κ2) is 9.11. The molecule has 0 radical (unpaired) electrons. The molecule has 7 heteroatoms. The van der Waals surface area contributed by atoms with Crippen LogP contribution in [-0.4, -0.2) is 35.8 Å². The van der Waals surface area contributed by atoms with Crippen molar-refractivity contribution in [3.8, 4) is 0 Å². The summed E-state index contributed by atoms with van der Waals surface area (Å²) < 4.78 is 0. The Hall–Kier alpha value is -1.30. The van der Waals surface area contributed by atoms with Gasteiger partial charge in [-0.3, -0.25) is 9.59 Å². The highest BCUT2D eigenvalue weighted by Crippen LogP contribution is 2.25. The van der Waals surface area contributed by atoms with Gasteiger partial charge in [0.1, 0.15) is 0 Å². The van der Waals surface area contributed by atoms with Gasteiger partial charge in [-0.2, -0.15) is 0 Å². The Bertz CT molecular complexity index is 564. The largest absolute Gasteiger partial charge is 0.333 e. The lowest BCUT2D eigenvalue weighted by atomic mass is 10.0. The molecule has 5 nitrogen and oxygen atoms in total. The van der Waals surface area contributed by atoms with E-state index in [1.165, 1.54) is 4.90 Å². The Morgan fingerprint density at radius 2 is 1.96 bits per heavy atom. The summed E-state index contributed by atoms with van der Waals surface area (Å²) in [5, 5.41) is 3.54. The van der Waals surface area contributed by atoms with Gasteiger partial charge in [-0.15, -0.1) is 0 Å². The quantitative estimate of drug-likeness (QED) is 0.784. The molecular weight excluding hydrogens is 337 g/mol. The Morgan fingerprint density at radius 1 is 1.30 bits per heavy atom. The van der Waals surface area contributed by atoms with Crippen LogP contribution in [0.1, 0.15) is 27.2 Å². The zero-order valence-electron chi connectivity index (χ0n) is 13.6. The first-order valence-corrected chi connectivity index (χ1v) is 8.31. The number of nitrogens with two attached hydrogens (primary N) is 1. The minimum absolute atomic E-state index is 0.0490. The zero-order chi connectivity index (χ0) is 17.6. The molecule has 2 unspecified atom stereocenters. The molecule has 1 aromatic rings. The average Bonchev–Trinajstić information content (AvgIpc) is 2.48. The van der Waals surface area contributed by atoms with E-state index >= 15 is 0 Å². The summed E-state index contributed by atoms with van der Waals surface area (Å²) in [6, 6.07) is 4.54. The Morgan fingerprint density at radius 3 is 2.52 bits per heavy atom. The number of hydrogen-bond acceptors (Lipinski definition) is 3. The second-order valence-electron chi connectivity index (χ2n) is 5.58. The summed E-state index contributed by atoms with van der Waals surface area (Å²) in [7, 11) is 0. The number of amides is 2. The van der Waals surface area contributed by atoms with Gasteiger partial charge in [0.05, 0.1) is 23.2 Å². The molecule has 0 saturated heterocycles. The molecule has 2 amide bonds. The van der Waals surface area contributed by atoms with Gasteiger partial charge in [0, 0.05) is 17.6 Å². The Kier molecular flexibility index (Phi) is 7.82. The summed E-state index contributed by atoms with van der Waals surface area (Å²) in [5.41, 5.74) is 6.21. The van der Waals surface area contributed by atoms with Crippen molar-refractivity contribution in [2.24, 2.45) is 11.7 Å². The van der Waals surface area contributed by atoms with Gasteiger partial charge in [0.25, 0.3) is 0 Å². The summed E-state index contributed by atoms with van der Waals surface area (Å²) in [6.07, 6.45) is 0.753. The van der Waals surface area contributed by atoms with Crippen LogP contribution in [0.3, 0.4) is 0 Å². The number of nitrogens with one attached hydrogen (secondary N) is 1. The lowest BCUT2D eigenvalue weighted by Gasteiger charge is -2.26. The standard InChI is InChI=1S/C16H23Cl2N3O2/c1-4-7-21(16(23)10(2)11(3)19)9-15(22)20-14-8-12(17)5-6-13(14)18/h5-6,8,10-11H,4,7,9,19H2,1-3H3,(H,20,22). The van der Waals surface area contributed by atoms with Gasteiger partial charge in [-0.1, -0.05) is 37.0 Å². The SMILES string of the molecule is CCCN(CC(=O)Nc1cc(Cl)ccc1Cl)C(=O)C(C)C(C)N. The van der Waals surface area contributed by atoms with Gasteiger partial charge >= 0.3 is 0 Å². The molecule has 0 aliphatic carbocycles. The van der Waals surface area contributed by atoms with Crippen molar-refractivity contribution in [1.29, 1.82) is 0 Å². The highest BCUT2D eigenvalue weighted by molar-refractivity contribution is 6.35. The molecule has 128 valence electrons. The first-order valence-electron chi connectivity index (χ1n) is 7.55. The Balaban J connectivity index is 2.78. The topological polar surface area (TPSA) is 75.4 Å². The fourth-order valence-electron chi connectivity index (χ4n) is 2.01. The number of carbonyl (C=O) groups excluding carboxylic acids is 2. The van der Waals surface area contributed by atoms with Gasteiger partial charge in [-0.05, 0) is 31.5 Å². The molecule has 1 rings (SSSR count). The molecule has 2 atom stereocenters. The normalized spacial score (nSPS) is 13.3. The molecule has 0 aliphatic rings. The van der Waals surface area contributed by atoms with Crippen molar-refractivity contribution < 1.29 is 9.59 Å². The number of carbonyl (C=O) groups is 2. The van der Waals surface area contributed by atoms with Crippen LogP contribution in [0.25, 0.3) is 0 Å². The fraction of sp³-hybridized carbons (Fsp3) is 0.500. The summed E-state index contributed by atoms with van der Waals surface area (Å²) >= 11 is 11.9. The van der Waals surface area contributed by atoms with E-state index in [0.29, 0.717) is 22.3 Å². The van der Waals surface area contributed by atoms with E-state index in [2.05, 4.69) is 5.32 Å². The van der Waals surface area contributed by atoms with E-state index in [1.54, 1.807) is 32.0 Å². The van der Waals surface area contributed by atoms with Gasteiger partial charge < -0.3 is 16.0 Å². The molecule has 0 saturated carbocycles. The van der Waals surface area contributed by atoms with Gasteiger partial charge in [0.15, 0.2) is 0 Å². The Labute approximate surface area is 147 Å². The zero-order valence-corrected chi connectivity index (χ0v) is 15.1. The number of hydrogen-bond donors (Lipinski definition) is 2. The summed E-state index contributed by atoms with van der Waals surface area (Å²) in [5.74, 6) is -0.800. The maximum Gasteiger partial charge on any atom is 0.244 e. The van der Waals surface area contributed by atoms with Gasteiger partial charge in [-0.25, -0.2) is 0 Å². The highest BCUT2D eigenvalue weighted by atomic mass is 35.5. The second-order valence-corrected chi connectivity index (χ2v) is 6.42. The van der Waals surface area contributed by atoms with E-state index in [0.717, 1.165) is 6.42 Å². The monoisotopic (exact) mass is 359 g/mol. The van der Waals surface area contributed by atoms with Crippen LogP contribution in [0.5, 0.6) is 0 Å². The third-order valence-electron chi connectivity index (χ3n) is 3.52. The molecular formula is C16H23Cl2N3O2. The van der Waals surface area contributed by atoms with Crippen LogP contribution in [0.15, 0.2) is 18.2 Å². The van der Waals surface area contributed by atoms with Crippen molar-refractivity contribution in [2.45, 2.75) is 33.2 Å². The molecule has 0 aromatic heterocycles. The predicted octanol–water partition coefficient (Wildman–Crippen LogP) is 3.15. The van der Waals surface area contributed by atoms with Crippen LogP contribution >= 0.6 is 23.2 Å². The molecule has 0 bridgehead atoms. The number of anilines is 1. The molecule has 23 heavy (non-hydrogen) atoms. The molecule has 0 spiro atoms. The lowest BCUT2D eigenvalue weighted by molar-refractivity contribution is -0.138. The number of nitrogens with zero attached hydrogens (tertiary/aromatic N) is 1. The van der Waals surface area contributed by atoms with Crippen LogP contribution in [0, 0.1) is 5.92 Å². The third-order valence-corrected chi connectivity index (χ3v) is 4.09. The minimum atomic E-state index is -0.343. The molecule has 0 heterocycles. The van der Waals surface area contributed by atoms with Crippen LogP contribution in [0.4, 0.5) is 5.69 Å². The van der Waals surface area contributed by atoms with Crippen LogP contribution in [0.2, 0.25) is 10.0 Å². The van der Waals surface area contributed by atoms with Crippen LogP contribution < -0.4 is 11.1 Å².